The zero-order chi connectivity index (χ0) is 33.9. The fraction of sp³-hybridized carbons (Fsp3) is 0.333. The molecule has 0 spiro atoms. The molecule has 2 fully saturated rings. The molecule has 3 aromatic carbocycles. The molecule has 2 saturated carbocycles. The van der Waals surface area contributed by atoms with E-state index in [0.717, 1.165) is 11.6 Å². The average molecular weight is 693 g/mol. The zero-order valence-corrected chi connectivity index (χ0v) is 26.7. The predicted octanol–water partition coefficient (Wildman–Crippen LogP) is 5.87. The lowest BCUT2D eigenvalue weighted by Crippen LogP contribution is -2.46. The van der Waals surface area contributed by atoms with Crippen molar-refractivity contribution in [1.29, 1.82) is 0 Å². The van der Waals surface area contributed by atoms with Crippen molar-refractivity contribution in [2.75, 3.05) is 12.4 Å². The molecular formula is C33H32ClF3N2O7S. The van der Waals surface area contributed by atoms with Gasteiger partial charge in [0.05, 0.1) is 40.0 Å². The molecule has 3 aromatic rings. The lowest BCUT2D eigenvalue weighted by atomic mass is 9.74. The summed E-state index contributed by atoms with van der Waals surface area (Å²) in [6.07, 6.45) is 2.19. The number of halogens is 4. The van der Waals surface area contributed by atoms with Crippen LogP contribution in [0.1, 0.15) is 48.0 Å². The van der Waals surface area contributed by atoms with Crippen LogP contribution in [0.2, 0.25) is 5.02 Å². The third kappa shape index (κ3) is 7.64. The molecule has 2 atom stereocenters. The minimum Gasteiger partial charge on any atom is -0.466 e. The van der Waals surface area contributed by atoms with Crippen LogP contribution in [-0.2, 0) is 30.8 Å². The summed E-state index contributed by atoms with van der Waals surface area (Å²) in [6, 6.07) is 14.2. The first-order valence-corrected chi connectivity index (χ1v) is 16.7. The summed E-state index contributed by atoms with van der Waals surface area (Å²) in [7, 11) is -2.95. The summed E-state index contributed by atoms with van der Waals surface area (Å²) in [5.74, 6) is -7.28. The lowest BCUT2D eigenvalue weighted by Gasteiger charge is -2.41. The van der Waals surface area contributed by atoms with Crippen LogP contribution in [0.4, 0.5) is 18.9 Å². The summed E-state index contributed by atoms with van der Waals surface area (Å²) >= 11 is 6.34. The number of hydrogen-bond donors (Lipinski definition) is 3. The van der Waals surface area contributed by atoms with Crippen molar-refractivity contribution in [3.8, 4) is 0 Å². The number of ether oxygens (including phenoxy) is 1. The van der Waals surface area contributed by atoms with E-state index in [4.69, 9.17) is 21.2 Å². The Morgan fingerprint density at radius 2 is 1.66 bits per heavy atom. The molecule has 0 radical (unpaired) electrons. The van der Waals surface area contributed by atoms with Gasteiger partial charge in [-0.05, 0) is 61.3 Å². The molecule has 2 unspecified atom stereocenters. The van der Waals surface area contributed by atoms with Gasteiger partial charge in [0.15, 0.2) is 27.3 Å². The Hall–Kier alpha value is -3.91. The van der Waals surface area contributed by atoms with Crippen molar-refractivity contribution in [2.24, 2.45) is 11.8 Å². The van der Waals surface area contributed by atoms with Crippen molar-refractivity contribution in [3.05, 3.63) is 106 Å². The number of nitrogens with one attached hydrogen (secondary N) is 2. The van der Waals surface area contributed by atoms with Gasteiger partial charge in [-0.3, -0.25) is 4.79 Å². The van der Waals surface area contributed by atoms with E-state index >= 15 is 0 Å². The molecule has 0 aliphatic heterocycles. The van der Waals surface area contributed by atoms with Gasteiger partial charge >= 0.3 is 5.97 Å². The molecule has 3 N–H and O–H groups in total. The number of anilines is 1. The van der Waals surface area contributed by atoms with Crippen molar-refractivity contribution in [1.82, 2.24) is 5.48 Å². The van der Waals surface area contributed by atoms with E-state index in [1.54, 1.807) is 0 Å². The molecule has 250 valence electrons. The maximum atomic E-state index is 14.1. The Morgan fingerprint density at radius 3 is 2.28 bits per heavy atom. The van der Waals surface area contributed by atoms with Crippen LogP contribution in [0, 0.1) is 29.3 Å². The maximum Gasteiger partial charge on any atom is 0.337 e. The molecule has 5 rings (SSSR count). The minimum atomic E-state index is -4.15. The van der Waals surface area contributed by atoms with Gasteiger partial charge in [-0.25, -0.2) is 26.4 Å². The molecule has 9 nitrogen and oxygen atoms in total. The Morgan fingerprint density at radius 1 is 1.02 bits per heavy atom. The summed E-state index contributed by atoms with van der Waals surface area (Å²) in [6.45, 7) is 0.356. The highest BCUT2D eigenvalue weighted by Crippen LogP contribution is 2.53. The molecule has 47 heavy (non-hydrogen) atoms. The first kappa shape index (κ1) is 34.4. The number of fused-ring (bicyclic) bond motifs is 2. The standard InChI is InChI=1S/C33H32ClF3N2O7S/c1-45-32(41)23(18-46-38-17-19-5-3-2-4-6-19)16-33(42)14-21-7-8-22(15-33)30(21)47(43,44)28-11-20(9-10-25(28)34)31(40)39-24-12-26(35)29(37)27(36)13-24/h2-6,9-13,18,21-22,30,38,42H,7-8,14-17H2,1H3,(H,39,40)/b23-18+/t21?,22?,30-,33-. The Kier molecular flexibility index (Phi) is 10.3. The van der Waals surface area contributed by atoms with Crippen molar-refractivity contribution in [3.63, 3.8) is 0 Å². The van der Waals surface area contributed by atoms with Crippen molar-refractivity contribution in [2.45, 2.75) is 54.4 Å². The van der Waals surface area contributed by atoms with Crippen LogP contribution in [0.15, 0.2) is 77.4 Å². The Balaban J connectivity index is 1.31. The average Bonchev–Trinajstić information content (AvgIpc) is 3.34. The number of rotatable bonds is 11. The fourth-order valence-electron chi connectivity index (χ4n) is 6.61. The largest absolute Gasteiger partial charge is 0.466 e. The predicted molar refractivity (Wildman–Crippen MR) is 166 cm³/mol. The van der Waals surface area contributed by atoms with E-state index < -0.39 is 61.9 Å². The minimum absolute atomic E-state index is 0.0681. The number of aliphatic hydroxyl groups is 1. The monoisotopic (exact) mass is 692 g/mol. The zero-order valence-electron chi connectivity index (χ0n) is 25.1. The van der Waals surface area contributed by atoms with E-state index in [2.05, 4.69) is 10.8 Å². The number of methoxy groups -OCH3 is 1. The summed E-state index contributed by atoms with van der Waals surface area (Å²) in [4.78, 5) is 30.5. The number of amides is 1. The van der Waals surface area contributed by atoms with Crippen LogP contribution in [0.5, 0.6) is 0 Å². The van der Waals surface area contributed by atoms with Gasteiger partial charge in [-0.2, -0.15) is 5.48 Å². The third-order valence-corrected chi connectivity index (χ3v) is 11.5. The van der Waals surface area contributed by atoms with Gasteiger partial charge in [0, 0.05) is 29.8 Å². The molecule has 0 heterocycles. The molecule has 0 saturated heterocycles. The Bertz CT molecular complexity index is 1770. The van der Waals surface area contributed by atoms with Gasteiger partial charge < -0.3 is 20.0 Å². The number of sulfone groups is 1. The van der Waals surface area contributed by atoms with E-state index in [1.165, 1.54) is 25.5 Å². The normalized spacial score (nSPS) is 22.5. The first-order valence-electron chi connectivity index (χ1n) is 14.7. The van der Waals surface area contributed by atoms with Gasteiger partial charge in [0.2, 0.25) is 0 Å². The first-order chi connectivity index (χ1) is 22.3. The summed E-state index contributed by atoms with van der Waals surface area (Å²) < 4.78 is 73.6. The second-order valence-electron chi connectivity index (χ2n) is 11.8. The molecule has 0 aromatic heterocycles. The van der Waals surface area contributed by atoms with Crippen LogP contribution in [0.25, 0.3) is 0 Å². The number of benzene rings is 3. The highest BCUT2D eigenvalue weighted by atomic mass is 35.5. The SMILES string of the molecule is COC(=O)/C(=C/ONCc1ccccc1)C[C@]1(O)CC2CCC(C1)[C@H]2S(=O)(=O)c1cc(C(=O)Nc2cc(F)c(F)c(F)c2)ccc1Cl. The van der Waals surface area contributed by atoms with E-state index in [0.29, 0.717) is 31.5 Å². The summed E-state index contributed by atoms with van der Waals surface area (Å²) in [5.41, 5.74) is 1.80. The topological polar surface area (TPSA) is 131 Å². The maximum absolute atomic E-state index is 14.1. The second-order valence-corrected chi connectivity index (χ2v) is 14.3. The second kappa shape index (κ2) is 14.1. The molecular weight excluding hydrogens is 661 g/mol. The van der Waals surface area contributed by atoms with Crippen LogP contribution >= 0.6 is 11.6 Å². The quantitative estimate of drug-likeness (QED) is 0.0568. The van der Waals surface area contributed by atoms with Gasteiger partial charge in [0.1, 0.15) is 6.26 Å². The van der Waals surface area contributed by atoms with Crippen LogP contribution in [-0.4, -0.2) is 43.4 Å². The third-order valence-electron chi connectivity index (χ3n) is 8.59. The number of carbonyl (C=O) groups excluding carboxylic acids is 2. The smallest absolute Gasteiger partial charge is 0.337 e. The number of carbonyl (C=O) groups is 2. The van der Waals surface area contributed by atoms with Crippen molar-refractivity contribution >= 4 is 39.0 Å². The van der Waals surface area contributed by atoms with E-state index in [1.807, 2.05) is 30.3 Å². The van der Waals surface area contributed by atoms with Gasteiger partial charge in [-0.15, -0.1) is 0 Å². The number of hydroxylamine groups is 1. The lowest BCUT2D eigenvalue weighted by molar-refractivity contribution is -0.137. The van der Waals surface area contributed by atoms with E-state index in [-0.39, 0.29) is 46.0 Å². The highest BCUT2D eigenvalue weighted by molar-refractivity contribution is 7.92. The molecule has 2 bridgehead atoms. The number of esters is 1. The highest BCUT2D eigenvalue weighted by Gasteiger charge is 2.54. The molecule has 14 heteroatoms. The molecule has 2 aliphatic rings. The number of hydrogen-bond acceptors (Lipinski definition) is 8. The molecule has 1 amide bonds. The van der Waals surface area contributed by atoms with Crippen LogP contribution < -0.4 is 10.8 Å². The Labute approximate surface area is 274 Å². The summed E-state index contributed by atoms with van der Waals surface area (Å²) in [5, 5.41) is 12.8. The van der Waals surface area contributed by atoms with Gasteiger partial charge in [-0.1, -0.05) is 41.9 Å². The van der Waals surface area contributed by atoms with Crippen molar-refractivity contribution < 1.29 is 45.9 Å². The molecule has 2 aliphatic carbocycles. The van der Waals surface area contributed by atoms with Crippen LogP contribution in [0.3, 0.4) is 0 Å². The van der Waals surface area contributed by atoms with Gasteiger partial charge in [0.25, 0.3) is 5.91 Å². The van der Waals surface area contributed by atoms with E-state index in [9.17, 15) is 36.3 Å². The fourth-order valence-corrected chi connectivity index (χ4v) is 9.45.